The predicted octanol–water partition coefficient (Wildman–Crippen LogP) is 3.00. The zero-order chi connectivity index (χ0) is 12.8. The van der Waals surface area contributed by atoms with E-state index in [-0.39, 0.29) is 12.0 Å². The number of ether oxygens (including phenoxy) is 1. The molecule has 98 valence electrons. The molecule has 0 aromatic heterocycles. The molecule has 0 unspecified atom stereocenters. The minimum absolute atomic E-state index is 0.118. The molecule has 0 N–H and O–H groups in total. The van der Waals surface area contributed by atoms with Crippen LogP contribution < -0.4 is 4.90 Å². The molecule has 0 aliphatic carbocycles. The molecular weight excluding hydrogens is 226 g/mol. The van der Waals surface area contributed by atoms with E-state index in [2.05, 4.69) is 6.92 Å². The molecule has 1 saturated heterocycles. The maximum Gasteiger partial charge on any atom is 0.256 e. The Morgan fingerprint density at radius 1 is 1.39 bits per heavy atom. The summed E-state index contributed by atoms with van der Waals surface area (Å²) >= 11 is 0. The van der Waals surface area contributed by atoms with Crippen molar-refractivity contribution in [2.75, 3.05) is 18.1 Å². The number of carbonyl (C=O) groups excluding carboxylic acids is 1. The highest BCUT2D eigenvalue weighted by molar-refractivity contribution is 5.96. The Hall–Kier alpha value is -1.35. The Labute approximate surface area is 109 Å². The number of benzene rings is 1. The van der Waals surface area contributed by atoms with Crippen molar-refractivity contribution in [3.05, 3.63) is 30.3 Å². The highest BCUT2D eigenvalue weighted by atomic mass is 16.5. The Balaban J connectivity index is 2.11. The second-order valence-corrected chi connectivity index (χ2v) is 4.68. The van der Waals surface area contributed by atoms with Crippen LogP contribution in [0.15, 0.2) is 30.3 Å². The van der Waals surface area contributed by atoms with Crippen LogP contribution >= 0.6 is 0 Å². The van der Waals surface area contributed by atoms with E-state index >= 15 is 0 Å². The topological polar surface area (TPSA) is 29.5 Å². The van der Waals surface area contributed by atoms with Gasteiger partial charge in [-0.3, -0.25) is 4.79 Å². The summed E-state index contributed by atoms with van der Waals surface area (Å²) in [6, 6.07) is 9.89. The number of rotatable bonds is 5. The molecule has 2 rings (SSSR count). The first kappa shape index (κ1) is 13.1. The first-order valence-corrected chi connectivity index (χ1v) is 6.81. The zero-order valence-corrected chi connectivity index (χ0v) is 11.0. The SMILES string of the molecule is CCCCN(C(=O)[C@@H]1CCCO1)c1ccccc1. The van der Waals surface area contributed by atoms with Crippen molar-refractivity contribution in [1.29, 1.82) is 0 Å². The average Bonchev–Trinajstić information content (AvgIpc) is 2.94. The largest absolute Gasteiger partial charge is 0.368 e. The van der Waals surface area contributed by atoms with Gasteiger partial charge in [-0.25, -0.2) is 0 Å². The third-order valence-corrected chi connectivity index (χ3v) is 3.27. The quantitative estimate of drug-likeness (QED) is 0.800. The summed E-state index contributed by atoms with van der Waals surface area (Å²) in [6.07, 6.45) is 3.72. The fourth-order valence-corrected chi connectivity index (χ4v) is 2.24. The van der Waals surface area contributed by atoms with E-state index in [1.807, 2.05) is 35.2 Å². The summed E-state index contributed by atoms with van der Waals surface area (Å²) < 4.78 is 5.51. The summed E-state index contributed by atoms with van der Waals surface area (Å²) in [6.45, 7) is 3.63. The Morgan fingerprint density at radius 2 is 2.17 bits per heavy atom. The maximum absolute atomic E-state index is 12.5. The van der Waals surface area contributed by atoms with Gasteiger partial charge in [-0.2, -0.15) is 0 Å². The van der Waals surface area contributed by atoms with Gasteiger partial charge in [-0.15, -0.1) is 0 Å². The number of hydrogen-bond donors (Lipinski definition) is 0. The van der Waals surface area contributed by atoms with Gasteiger partial charge in [-0.1, -0.05) is 31.5 Å². The van der Waals surface area contributed by atoms with Gasteiger partial charge in [0.15, 0.2) is 0 Å². The Kier molecular flexibility index (Phi) is 4.76. The minimum atomic E-state index is -0.234. The lowest BCUT2D eigenvalue weighted by atomic mass is 10.2. The second-order valence-electron chi connectivity index (χ2n) is 4.68. The van der Waals surface area contributed by atoms with Gasteiger partial charge in [0, 0.05) is 18.8 Å². The second kappa shape index (κ2) is 6.55. The van der Waals surface area contributed by atoms with Crippen molar-refractivity contribution in [2.45, 2.75) is 38.7 Å². The third-order valence-electron chi connectivity index (χ3n) is 3.27. The van der Waals surface area contributed by atoms with E-state index in [1.165, 1.54) is 0 Å². The molecule has 3 heteroatoms. The molecule has 1 aliphatic rings. The molecule has 0 saturated carbocycles. The van der Waals surface area contributed by atoms with Crippen LogP contribution in [0.25, 0.3) is 0 Å². The molecule has 1 aliphatic heterocycles. The van der Waals surface area contributed by atoms with Gasteiger partial charge in [0.05, 0.1) is 0 Å². The fourth-order valence-electron chi connectivity index (χ4n) is 2.24. The first-order chi connectivity index (χ1) is 8.83. The monoisotopic (exact) mass is 247 g/mol. The number of carbonyl (C=O) groups is 1. The maximum atomic E-state index is 12.5. The lowest BCUT2D eigenvalue weighted by molar-refractivity contribution is -0.127. The van der Waals surface area contributed by atoms with Gasteiger partial charge in [0.1, 0.15) is 6.10 Å². The molecule has 1 heterocycles. The van der Waals surface area contributed by atoms with Gasteiger partial charge in [-0.05, 0) is 31.4 Å². The number of para-hydroxylation sites is 1. The number of amides is 1. The van der Waals surface area contributed by atoms with E-state index in [0.717, 1.165) is 37.9 Å². The molecular formula is C15H21NO2. The number of anilines is 1. The number of unbranched alkanes of at least 4 members (excludes halogenated alkanes) is 1. The van der Waals surface area contributed by atoms with Crippen molar-refractivity contribution in [3.8, 4) is 0 Å². The van der Waals surface area contributed by atoms with E-state index in [1.54, 1.807) is 0 Å². The van der Waals surface area contributed by atoms with Gasteiger partial charge >= 0.3 is 0 Å². The minimum Gasteiger partial charge on any atom is -0.368 e. The van der Waals surface area contributed by atoms with Gasteiger partial charge in [0.25, 0.3) is 5.91 Å². The normalized spacial score (nSPS) is 18.8. The van der Waals surface area contributed by atoms with Crippen molar-refractivity contribution >= 4 is 11.6 Å². The van der Waals surface area contributed by atoms with Crippen molar-refractivity contribution in [3.63, 3.8) is 0 Å². The summed E-state index contributed by atoms with van der Waals surface area (Å²) in [4.78, 5) is 14.3. The summed E-state index contributed by atoms with van der Waals surface area (Å²) in [5.41, 5.74) is 0.978. The molecule has 1 aromatic carbocycles. The molecule has 0 radical (unpaired) electrons. The summed E-state index contributed by atoms with van der Waals surface area (Å²) in [5.74, 6) is 0.118. The van der Waals surface area contributed by atoms with Crippen molar-refractivity contribution < 1.29 is 9.53 Å². The predicted molar refractivity (Wildman–Crippen MR) is 72.7 cm³/mol. The first-order valence-electron chi connectivity index (χ1n) is 6.81. The molecule has 1 aromatic rings. The average molecular weight is 247 g/mol. The lowest BCUT2D eigenvalue weighted by Crippen LogP contribution is -2.39. The fraction of sp³-hybridized carbons (Fsp3) is 0.533. The van der Waals surface area contributed by atoms with Crippen LogP contribution in [-0.2, 0) is 9.53 Å². The zero-order valence-electron chi connectivity index (χ0n) is 11.0. The standard InChI is InChI=1S/C15H21NO2/c1-2-3-11-16(13-8-5-4-6-9-13)15(17)14-10-7-12-18-14/h4-6,8-9,14H,2-3,7,10-12H2,1H3/t14-/m0/s1. The van der Waals surface area contributed by atoms with Crippen LogP contribution in [0.4, 0.5) is 5.69 Å². The van der Waals surface area contributed by atoms with Crippen molar-refractivity contribution in [1.82, 2.24) is 0 Å². The summed E-state index contributed by atoms with van der Waals surface area (Å²) in [7, 11) is 0. The van der Waals surface area contributed by atoms with E-state index in [4.69, 9.17) is 4.74 Å². The summed E-state index contributed by atoms with van der Waals surface area (Å²) in [5, 5.41) is 0. The Bertz CT molecular complexity index is 371. The van der Waals surface area contributed by atoms with E-state index < -0.39 is 0 Å². The highest BCUT2D eigenvalue weighted by Crippen LogP contribution is 2.20. The molecule has 1 amide bonds. The van der Waals surface area contributed by atoms with Crippen molar-refractivity contribution in [2.24, 2.45) is 0 Å². The van der Waals surface area contributed by atoms with Crippen LogP contribution in [-0.4, -0.2) is 25.2 Å². The Morgan fingerprint density at radius 3 is 2.78 bits per heavy atom. The molecule has 0 bridgehead atoms. The molecule has 3 nitrogen and oxygen atoms in total. The number of hydrogen-bond acceptors (Lipinski definition) is 2. The number of nitrogens with zero attached hydrogens (tertiary/aromatic N) is 1. The van der Waals surface area contributed by atoms with E-state index in [0.29, 0.717) is 6.61 Å². The molecule has 1 fully saturated rings. The molecule has 1 atom stereocenters. The third kappa shape index (κ3) is 3.10. The van der Waals surface area contributed by atoms with Crippen LogP contribution in [0.5, 0.6) is 0 Å². The molecule has 18 heavy (non-hydrogen) atoms. The van der Waals surface area contributed by atoms with Crippen LogP contribution in [0.1, 0.15) is 32.6 Å². The smallest absolute Gasteiger partial charge is 0.256 e. The molecule has 0 spiro atoms. The van der Waals surface area contributed by atoms with Crippen LogP contribution in [0, 0.1) is 0 Å². The van der Waals surface area contributed by atoms with E-state index in [9.17, 15) is 4.79 Å². The van der Waals surface area contributed by atoms with Crippen LogP contribution in [0.3, 0.4) is 0 Å². The van der Waals surface area contributed by atoms with Gasteiger partial charge in [0.2, 0.25) is 0 Å². The van der Waals surface area contributed by atoms with Crippen LogP contribution in [0.2, 0.25) is 0 Å². The van der Waals surface area contributed by atoms with Gasteiger partial charge < -0.3 is 9.64 Å². The lowest BCUT2D eigenvalue weighted by Gasteiger charge is -2.25. The highest BCUT2D eigenvalue weighted by Gasteiger charge is 2.28.